The summed E-state index contributed by atoms with van der Waals surface area (Å²) >= 11 is 5.91. The summed E-state index contributed by atoms with van der Waals surface area (Å²) in [5.41, 5.74) is 1.28. The van der Waals surface area contributed by atoms with Crippen LogP contribution in [0.2, 0.25) is 5.02 Å². The number of ether oxygens (including phenoxy) is 1. The van der Waals surface area contributed by atoms with Crippen LogP contribution in [0.3, 0.4) is 0 Å². The summed E-state index contributed by atoms with van der Waals surface area (Å²) in [5, 5.41) is 4.48. The molecular formula is C15H22ClNO. The molecule has 1 aromatic carbocycles. The van der Waals surface area contributed by atoms with Gasteiger partial charge in [0.05, 0.1) is 6.10 Å². The van der Waals surface area contributed by atoms with Gasteiger partial charge in [-0.05, 0) is 37.5 Å². The third-order valence-corrected chi connectivity index (χ3v) is 4.09. The van der Waals surface area contributed by atoms with Crippen LogP contribution in [0, 0.1) is 0 Å². The standard InChI is InChI=1S/C15H22ClNO/c1-11(12-7-9-13(16)10-8-12)17-14-5-3-4-6-15(14)18-2/h7-11,14-15,17H,3-6H2,1-2H3/t11-,14?,15?/m1/s1. The van der Waals surface area contributed by atoms with Gasteiger partial charge in [-0.1, -0.05) is 36.6 Å². The molecule has 0 aromatic heterocycles. The van der Waals surface area contributed by atoms with Crippen molar-refractivity contribution in [2.24, 2.45) is 0 Å². The van der Waals surface area contributed by atoms with Gasteiger partial charge in [-0.2, -0.15) is 0 Å². The third kappa shape index (κ3) is 3.47. The van der Waals surface area contributed by atoms with Gasteiger partial charge in [-0.15, -0.1) is 0 Å². The number of rotatable bonds is 4. The Morgan fingerprint density at radius 2 is 1.89 bits per heavy atom. The van der Waals surface area contributed by atoms with Crippen LogP contribution < -0.4 is 5.32 Å². The third-order valence-electron chi connectivity index (χ3n) is 3.84. The minimum absolute atomic E-state index is 0.336. The van der Waals surface area contributed by atoms with Crippen LogP contribution in [0.25, 0.3) is 0 Å². The van der Waals surface area contributed by atoms with E-state index in [0.717, 1.165) is 5.02 Å². The molecule has 0 saturated heterocycles. The van der Waals surface area contributed by atoms with Crippen molar-refractivity contribution in [1.29, 1.82) is 0 Å². The maximum absolute atomic E-state index is 5.91. The lowest BCUT2D eigenvalue weighted by molar-refractivity contribution is 0.0384. The van der Waals surface area contributed by atoms with Crippen LogP contribution in [0.5, 0.6) is 0 Å². The summed E-state index contributed by atoms with van der Waals surface area (Å²) < 4.78 is 5.58. The molecule has 3 atom stereocenters. The largest absolute Gasteiger partial charge is 0.380 e. The molecule has 3 heteroatoms. The second-order valence-corrected chi connectivity index (χ2v) is 5.54. The lowest BCUT2D eigenvalue weighted by Crippen LogP contribution is -2.44. The van der Waals surface area contributed by atoms with Crippen LogP contribution in [0.1, 0.15) is 44.2 Å². The maximum Gasteiger partial charge on any atom is 0.0724 e. The minimum Gasteiger partial charge on any atom is -0.380 e. The normalized spacial score (nSPS) is 25.9. The Hall–Kier alpha value is -0.570. The fraction of sp³-hybridized carbons (Fsp3) is 0.600. The molecule has 1 N–H and O–H groups in total. The second-order valence-electron chi connectivity index (χ2n) is 5.11. The average molecular weight is 268 g/mol. The second kappa shape index (κ2) is 6.55. The predicted octanol–water partition coefficient (Wildman–Crippen LogP) is 3.95. The van der Waals surface area contributed by atoms with Crippen molar-refractivity contribution in [2.75, 3.05) is 7.11 Å². The molecule has 1 aliphatic carbocycles. The van der Waals surface area contributed by atoms with Crippen LogP contribution >= 0.6 is 11.6 Å². The molecule has 0 bridgehead atoms. The molecule has 1 fully saturated rings. The summed E-state index contributed by atoms with van der Waals surface area (Å²) in [6, 6.07) is 8.88. The first-order valence-corrected chi connectivity index (χ1v) is 7.13. The number of benzene rings is 1. The Kier molecular flexibility index (Phi) is 5.04. The van der Waals surface area contributed by atoms with Gasteiger partial charge in [0.15, 0.2) is 0 Å². The number of halogens is 1. The van der Waals surface area contributed by atoms with Crippen molar-refractivity contribution in [3.63, 3.8) is 0 Å². The van der Waals surface area contributed by atoms with Gasteiger partial charge >= 0.3 is 0 Å². The van der Waals surface area contributed by atoms with Crippen molar-refractivity contribution in [3.05, 3.63) is 34.9 Å². The Balaban J connectivity index is 1.97. The molecule has 1 aliphatic rings. The quantitative estimate of drug-likeness (QED) is 0.892. The van der Waals surface area contributed by atoms with E-state index >= 15 is 0 Å². The molecule has 100 valence electrons. The lowest BCUT2D eigenvalue weighted by Gasteiger charge is -2.33. The average Bonchev–Trinajstić information content (AvgIpc) is 2.40. The summed E-state index contributed by atoms with van der Waals surface area (Å²) in [7, 11) is 1.82. The van der Waals surface area contributed by atoms with E-state index in [9.17, 15) is 0 Å². The van der Waals surface area contributed by atoms with Crippen LogP contribution in [0.4, 0.5) is 0 Å². The highest BCUT2D eigenvalue weighted by Crippen LogP contribution is 2.24. The molecule has 2 unspecified atom stereocenters. The first kappa shape index (κ1) is 13.9. The molecule has 0 spiro atoms. The highest BCUT2D eigenvalue weighted by Gasteiger charge is 2.26. The molecule has 1 aromatic rings. The molecule has 0 radical (unpaired) electrons. The van der Waals surface area contributed by atoms with Gasteiger partial charge < -0.3 is 10.1 Å². The molecule has 0 amide bonds. The summed E-state index contributed by atoms with van der Waals surface area (Å²) in [5.74, 6) is 0. The van der Waals surface area contributed by atoms with Gasteiger partial charge in [0.2, 0.25) is 0 Å². The summed E-state index contributed by atoms with van der Waals surface area (Å²) in [6.45, 7) is 2.20. The van der Waals surface area contributed by atoms with E-state index in [1.807, 2.05) is 19.2 Å². The van der Waals surface area contributed by atoms with Crippen molar-refractivity contribution in [3.8, 4) is 0 Å². The Labute approximate surface area is 115 Å². The highest BCUT2D eigenvalue weighted by molar-refractivity contribution is 6.30. The molecule has 2 nitrogen and oxygen atoms in total. The maximum atomic E-state index is 5.91. The van der Waals surface area contributed by atoms with Crippen LogP contribution in [0.15, 0.2) is 24.3 Å². The van der Waals surface area contributed by atoms with E-state index in [4.69, 9.17) is 16.3 Å². The Bertz CT molecular complexity index is 365. The van der Waals surface area contributed by atoms with Crippen molar-refractivity contribution in [2.45, 2.75) is 50.8 Å². The molecule has 0 aliphatic heterocycles. The first-order valence-electron chi connectivity index (χ1n) is 6.75. The molecule has 0 heterocycles. The smallest absolute Gasteiger partial charge is 0.0724 e. The predicted molar refractivity (Wildman–Crippen MR) is 76.1 cm³/mol. The topological polar surface area (TPSA) is 21.3 Å². The fourth-order valence-electron chi connectivity index (χ4n) is 2.74. The van der Waals surface area contributed by atoms with Crippen LogP contribution in [-0.4, -0.2) is 19.3 Å². The van der Waals surface area contributed by atoms with E-state index in [1.54, 1.807) is 0 Å². The Morgan fingerprint density at radius 3 is 2.56 bits per heavy atom. The molecule has 1 saturated carbocycles. The number of methoxy groups -OCH3 is 1. The summed E-state index contributed by atoms with van der Waals surface area (Å²) in [6.07, 6.45) is 5.31. The fourth-order valence-corrected chi connectivity index (χ4v) is 2.86. The van der Waals surface area contributed by atoms with E-state index in [-0.39, 0.29) is 0 Å². The molecule has 2 rings (SSSR count). The zero-order valence-corrected chi connectivity index (χ0v) is 11.9. The van der Waals surface area contributed by atoms with E-state index < -0.39 is 0 Å². The van der Waals surface area contributed by atoms with Gasteiger partial charge in [0, 0.05) is 24.2 Å². The van der Waals surface area contributed by atoms with E-state index in [1.165, 1.54) is 31.2 Å². The van der Waals surface area contributed by atoms with E-state index in [0.29, 0.717) is 18.2 Å². The van der Waals surface area contributed by atoms with Crippen molar-refractivity contribution < 1.29 is 4.74 Å². The molecular weight excluding hydrogens is 246 g/mol. The number of hydrogen-bond acceptors (Lipinski definition) is 2. The van der Waals surface area contributed by atoms with Crippen molar-refractivity contribution >= 4 is 11.6 Å². The minimum atomic E-state index is 0.336. The number of nitrogens with one attached hydrogen (secondary N) is 1. The Morgan fingerprint density at radius 1 is 1.22 bits per heavy atom. The van der Waals surface area contributed by atoms with Gasteiger partial charge in [0.1, 0.15) is 0 Å². The SMILES string of the molecule is COC1CCCCC1N[C@H](C)c1ccc(Cl)cc1. The van der Waals surface area contributed by atoms with Gasteiger partial charge in [-0.3, -0.25) is 0 Å². The summed E-state index contributed by atoms with van der Waals surface area (Å²) in [4.78, 5) is 0. The van der Waals surface area contributed by atoms with Crippen LogP contribution in [-0.2, 0) is 4.74 Å². The monoisotopic (exact) mass is 267 g/mol. The van der Waals surface area contributed by atoms with Gasteiger partial charge in [0.25, 0.3) is 0 Å². The zero-order valence-electron chi connectivity index (χ0n) is 11.2. The highest BCUT2D eigenvalue weighted by atomic mass is 35.5. The van der Waals surface area contributed by atoms with Gasteiger partial charge in [-0.25, -0.2) is 0 Å². The van der Waals surface area contributed by atoms with Crippen molar-refractivity contribution in [1.82, 2.24) is 5.32 Å². The number of hydrogen-bond donors (Lipinski definition) is 1. The zero-order chi connectivity index (χ0) is 13.0. The first-order chi connectivity index (χ1) is 8.70. The lowest BCUT2D eigenvalue weighted by atomic mass is 9.91. The molecule has 18 heavy (non-hydrogen) atoms. The van der Waals surface area contributed by atoms with E-state index in [2.05, 4.69) is 24.4 Å².